The highest BCUT2D eigenvalue weighted by atomic mass is 16.6. The third kappa shape index (κ3) is 1.60. The Labute approximate surface area is 97.4 Å². The van der Waals surface area contributed by atoms with Crippen molar-refractivity contribution in [2.75, 3.05) is 0 Å². The minimum absolute atomic E-state index is 0.141. The molecular formula is C14H20O2. The maximum absolute atomic E-state index is 11.8. The number of rotatable bonds is 0. The van der Waals surface area contributed by atoms with Crippen molar-refractivity contribution < 1.29 is 9.53 Å². The van der Waals surface area contributed by atoms with Gasteiger partial charge in [0, 0.05) is 0 Å². The van der Waals surface area contributed by atoms with E-state index in [0.717, 1.165) is 12.8 Å². The van der Waals surface area contributed by atoms with Gasteiger partial charge in [0.05, 0.1) is 5.57 Å². The number of esters is 1. The lowest BCUT2D eigenvalue weighted by atomic mass is 9.65. The van der Waals surface area contributed by atoms with Gasteiger partial charge in [0.1, 0.15) is 5.60 Å². The summed E-state index contributed by atoms with van der Waals surface area (Å²) in [5.74, 6) is -0.175. The molecule has 0 spiro atoms. The highest BCUT2D eigenvalue weighted by molar-refractivity contribution is 5.93. The van der Waals surface area contributed by atoms with E-state index in [0.29, 0.717) is 5.57 Å². The molecule has 1 aliphatic heterocycles. The second-order valence-corrected chi connectivity index (χ2v) is 5.66. The Bertz CT molecular complexity index is 388. The number of allylic oxidation sites excluding steroid dienone is 1. The lowest BCUT2D eigenvalue weighted by Gasteiger charge is -2.47. The van der Waals surface area contributed by atoms with E-state index in [1.54, 1.807) is 0 Å². The first kappa shape index (κ1) is 11.4. The standard InChI is InChI=1S/C14H20O2/c1-5-10-9-11-13(2,3)7-6-8-14(11,4)16-12(10)15/h5,9H,6-8H2,1-4H3/b10-5-. The molecule has 0 amide bonds. The second kappa shape index (κ2) is 3.47. The van der Waals surface area contributed by atoms with E-state index in [2.05, 4.69) is 13.8 Å². The minimum atomic E-state index is -0.370. The molecule has 0 N–H and O–H groups in total. The summed E-state index contributed by atoms with van der Waals surface area (Å²) < 4.78 is 5.64. The average molecular weight is 220 g/mol. The Balaban J connectivity index is 2.52. The molecule has 2 nitrogen and oxygen atoms in total. The summed E-state index contributed by atoms with van der Waals surface area (Å²) in [6.07, 6.45) is 7.12. The molecule has 1 unspecified atom stereocenters. The zero-order valence-electron chi connectivity index (χ0n) is 10.6. The molecule has 0 aromatic heterocycles. The summed E-state index contributed by atoms with van der Waals surface area (Å²) in [5, 5.41) is 0. The van der Waals surface area contributed by atoms with Gasteiger partial charge in [-0.25, -0.2) is 4.79 Å². The molecule has 88 valence electrons. The molecular weight excluding hydrogens is 200 g/mol. The number of hydrogen-bond donors (Lipinski definition) is 0. The van der Waals surface area contributed by atoms with E-state index >= 15 is 0 Å². The first-order chi connectivity index (χ1) is 7.39. The van der Waals surface area contributed by atoms with Crippen molar-refractivity contribution in [2.24, 2.45) is 5.41 Å². The van der Waals surface area contributed by atoms with Gasteiger partial charge in [-0.05, 0) is 50.2 Å². The van der Waals surface area contributed by atoms with Gasteiger partial charge in [0.2, 0.25) is 0 Å². The predicted octanol–water partition coefficient (Wildman–Crippen LogP) is 3.38. The summed E-state index contributed by atoms with van der Waals surface area (Å²) in [6, 6.07) is 0. The van der Waals surface area contributed by atoms with Gasteiger partial charge in [-0.3, -0.25) is 0 Å². The van der Waals surface area contributed by atoms with Crippen molar-refractivity contribution in [3.05, 3.63) is 23.3 Å². The molecule has 2 rings (SSSR count). The summed E-state index contributed by atoms with van der Waals surface area (Å²) in [7, 11) is 0. The summed E-state index contributed by atoms with van der Waals surface area (Å²) in [5.41, 5.74) is 1.74. The Morgan fingerprint density at radius 1 is 1.31 bits per heavy atom. The third-order valence-electron chi connectivity index (χ3n) is 3.92. The van der Waals surface area contributed by atoms with Gasteiger partial charge in [-0.1, -0.05) is 19.9 Å². The van der Waals surface area contributed by atoms with Crippen LogP contribution in [0.2, 0.25) is 0 Å². The number of carbonyl (C=O) groups excluding carboxylic acids is 1. The van der Waals surface area contributed by atoms with Gasteiger partial charge in [-0.2, -0.15) is 0 Å². The number of fused-ring (bicyclic) bond motifs is 1. The quantitative estimate of drug-likeness (QED) is 0.462. The highest BCUT2D eigenvalue weighted by Crippen LogP contribution is 2.49. The molecule has 0 aromatic rings. The number of ether oxygens (including phenoxy) is 1. The smallest absolute Gasteiger partial charge is 0.338 e. The monoisotopic (exact) mass is 220 g/mol. The molecule has 1 fully saturated rings. The molecule has 1 saturated carbocycles. The summed E-state index contributed by atoms with van der Waals surface area (Å²) in [6.45, 7) is 8.40. The van der Waals surface area contributed by atoms with Crippen LogP contribution in [0.4, 0.5) is 0 Å². The van der Waals surface area contributed by atoms with E-state index in [4.69, 9.17) is 4.74 Å². The third-order valence-corrected chi connectivity index (χ3v) is 3.92. The lowest BCUT2D eigenvalue weighted by Crippen LogP contribution is -2.46. The Morgan fingerprint density at radius 2 is 2.00 bits per heavy atom. The lowest BCUT2D eigenvalue weighted by molar-refractivity contribution is -0.154. The van der Waals surface area contributed by atoms with Crippen LogP contribution in [0.1, 0.15) is 47.0 Å². The van der Waals surface area contributed by atoms with Crippen LogP contribution in [0.25, 0.3) is 0 Å². The van der Waals surface area contributed by atoms with Crippen molar-refractivity contribution in [1.29, 1.82) is 0 Å². The Hall–Kier alpha value is -1.05. The Morgan fingerprint density at radius 3 is 2.62 bits per heavy atom. The molecule has 16 heavy (non-hydrogen) atoms. The van der Waals surface area contributed by atoms with E-state index in [1.807, 2.05) is 26.0 Å². The molecule has 0 bridgehead atoms. The molecule has 1 heterocycles. The van der Waals surface area contributed by atoms with Crippen molar-refractivity contribution >= 4 is 5.97 Å². The summed E-state index contributed by atoms with van der Waals surface area (Å²) in [4.78, 5) is 11.8. The average Bonchev–Trinajstić information content (AvgIpc) is 2.15. The van der Waals surface area contributed by atoms with Crippen molar-refractivity contribution in [1.82, 2.24) is 0 Å². The van der Waals surface area contributed by atoms with Gasteiger partial charge in [0.25, 0.3) is 0 Å². The van der Waals surface area contributed by atoms with Crippen LogP contribution in [-0.2, 0) is 9.53 Å². The molecule has 2 heteroatoms. The molecule has 0 saturated heterocycles. The van der Waals surface area contributed by atoms with Gasteiger partial charge in [-0.15, -0.1) is 0 Å². The maximum atomic E-state index is 11.8. The fraction of sp³-hybridized carbons (Fsp3) is 0.643. The van der Waals surface area contributed by atoms with Crippen LogP contribution < -0.4 is 0 Å². The highest BCUT2D eigenvalue weighted by Gasteiger charge is 2.46. The van der Waals surface area contributed by atoms with Crippen LogP contribution in [0.15, 0.2) is 23.3 Å². The largest absolute Gasteiger partial charge is 0.451 e. The normalized spacial score (nSPS) is 35.4. The first-order valence-corrected chi connectivity index (χ1v) is 6.01. The van der Waals surface area contributed by atoms with Crippen LogP contribution in [0.5, 0.6) is 0 Å². The molecule has 0 aromatic carbocycles. The minimum Gasteiger partial charge on any atom is -0.451 e. The fourth-order valence-electron chi connectivity index (χ4n) is 2.99. The molecule has 1 aliphatic carbocycles. The van der Waals surface area contributed by atoms with Crippen LogP contribution >= 0.6 is 0 Å². The SMILES string of the molecule is C/C=C1/C=C2C(C)(C)CCCC2(C)OC1=O. The van der Waals surface area contributed by atoms with Crippen LogP contribution in [-0.4, -0.2) is 11.6 Å². The molecule has 2 aliphatic rings. The number of carbonyl (C=O) groups is 1. The van der Waals surface area contributed by atoms with E-state index in [-0.39, 0.29) is 17.0 Å². The van der Waals surface area contributed by atoms with Crippen molar-refractivity contribution in [3.8, 4) is 0 Å². The van der Waals surface area contributed by atoms with Gasteiger partial charge >= 0.3 is 5.97 Å². The van der Waals surface area contributed by atoms with Crippen LogP contribution in [0.3, 0.4) is 0 Å². The van der Waals surface area contributed by atoms with Crippen molar-refractivity contribution in [2.45, 2.75) is 52.6 Å². The zero-order chi connectivity index (χ0) is 12.0. The van der Waals surface area contributed by atoms with E-state index in [1.165, 1.54) is 12.0 Å². The topological polar surface area (TPSA) is 26.3 Å². The molecule has 1 atom stereocenters. The zero-order valence-corrected chi connectivity index (χ0v) is 10.6. The van der Waals surface area contributed by atoms with Crippen molar-refractivity contribution in [3.63, 3.8) is 0 Å². The predicted molar refractivity (Wildman–Crippen MR) is 64.0 cm³/mol. The molecule has 0 radical (unpaired) electrons. The maximum Gasteiger partial charge on any atom is 0.338 e. The van der Waals surface area contributed by atoms with Gasteiger partial charge < -0.3 is 4.74 Å². The summed E-state index contributed by atoms with van der Waals surface area (Å²) >= 11 is 0. The van der Waals surface area contributed by atoms with E-state index < -0.39 is 0 Å². The fourth-order valence-corrected chi connectivity index (χ4v) is 2.99. The first-order valence-electron chi connectivity index (χ1n) is 6.01. The Kier molecular flexibility index (Phi) is 2.48. The van der Waals surface area contributed by atoms with E-state index in [9.17, 15) is 4.79 Å². The second-order valence-electron chi connectivity index (χ2n) is 5.66. The van der Waals surface area contributed by atoms with Gasteiger partial charge in [0.15, 0.2) is 0 Å². The number of hydrogen-bond acceptors (Lipinski definition) is 2. The van der Waals surface area contributed by atoms with Crippen LogP contribution in [0, 0.1) is 5.41 Å².